The molecule has 0 aromatic heterocycles. The summed E-state index contributed by atoms with van der Waals surface area (Å²) in [6.45, 7) is 3.49. The van der Waals surface area contributed by atoms with Gasteiger partial charge in [0.25, 0.3) is 0 Å². The first kappa shape index (κ1) is 3.66. The topological polar surface area (TPSA) is 0 Å². The number of allylic oxidation sites excluding steroid dienone is 3. The highest BCUT2D eigenvalue weighted by Gasteiger charge is 1.98. The highest BCUT2D eigenvalue weighted by Crippen LogP contribution is 2.16. The zero-order chi connectivity index (χ0) is 4.41. The fourth-order valence-corrected chi connectivity index (χ4v) is 0.449. The fraction of sp³-hybridized carbons (Fsp3) is 0.333. The van der Waals surface area contributed by atoms with Crippen molar-refractivity contribution in [3.05, 3.63) is 24.3 Å². The average Bonchev–Trinajstić information content (AvgIpc) is 1.31. The Kier molecular flexibility index (Phi) is 0.789. The minimum Gasteiger partial charge on any atom is -0.0909 e. The van der Waals surface area contributed by atoms with Gasteiger partial charge in [0.15, 0.2) is 0 Å². The second-order valence-corrected chi connectivity index (χ2v) is 1.44. The Morgan fingerprint density at radius 2 is 2.50 bits per heavy atom. The molecule has 31 valence electrons. The van der Waals surface area contributed by atoms with Crippen molar-refractivity contribution in [2.45, 2.75) is 12.8 Å². The minimum absolute atomic E-state index is 1.20. The molecule has 0 unspecified atom stereocenters. The van der Waals surface area contributed by atoms with Crippen LogP contribution in [0.5, 0.6) is 0 Å². The van der Waals surface area contributed by atoms with Gasteiger partial charge in [0, 0.05) is 0 Å². The predicted molar refractivity (Wildman–Crippen MR) is 26.2 cm³/mol. The van der Waals surface area contributed by atoms with E-state index < -0.39 is 0 Å². The normalized spacial score (nSPS) is 18.3. The van der Waals surface area contributed by atoms with Gasteiger partial charge >= 0.3 is 0 Å². The lowest BCUT2D eigenvalue weighted by Gasteiger charge is -2.05. The average molecular weight is 79.1 g/mol. The Labute approximate surface area is 38.2 Å². The molecule has 1 aliphatic rings. The van der Waals surface area contributed by atoms with E-state index >= 15 is 0 Å². The minimum atomic E-state index is 1.20. The largest absolute Gasteiger partial charge is 0.0909 e. The lowest BCUT2D eigenvalue weighted by molar-refractivity contribution is 0.900. The summed E-state index contributed by atoms with van der Waals surface area (Å²) in [6, 6.07) is 0. The lowest BCUT2D eigenvalue weighted by atomic mass is 10.00. The van der Waals surface area contributed by atoms with E-state index in [2.05, 4.69) is 18.7 Å². The fourth-order valence-electron chi connectivity index (χ4n) is 0.449. The van der Waals surface area contributed by atoms with Crippen LogP contribution in [0.1, 0.15) is 12.8 Å². The Bertz CT molecular complexity index is 88.2. The van der Waals surface area contributed by atoms with E-state index in [1.54, 1.807) is 0 Å². The summed E-state index contributed by atoms with van der Waals surface area (Å²) in [5.74, 6) is 0. The molecule has 0 spiro atoms. The van der Waals surface area contributed by atoms with Gasteiger partial charge in [-0.1, -0.05) is 12.7 Å². The molecule has 0 amide bonds. The quantitative estimate of drug-likeness (QED) is 0.448. The molecule has 1 rings (SSSR count). The van der Waals surface area contributed by atoms with Crippen molar-refractivity contribution in [3.8, 4) is 0 Å². The summed E-state index contributed by atoms with van der Waals surface area (Å²) in [7, 11) is 0. The van der Waals surface area contributed by atoms with Gasteiger partial charge in [-0.15, -0.1) is 0 Å². The van der Waals surface area contributed by atoms with E-state index in [9.17, 15) is 0 Å². The van der Waals surface area contributed by atoms with Crippen LogP contribution in [0.4, 0.5) is 0 Å². The molecule has 0 nitrogen and oxygen atoms in total. The van der Waals surface area contributed by atoms with Crippen LogP contribution in [0.3, 0.4) is 0 Å². The van der Waals surface area contributed by atoms with Gasteiger partial charge in [-0.05, 0) is 24.5 Å². The summed E-state index contributed by atoms with van der Waals surface area (Å²) in [5, 5.41) is 0. The van der Waals surface area contributed by atoms with Crippen molar-refractivity contribution in [1.82, 2.24) is 0 Å². The van der Waals surface area contributed by atoms with Crippen molar-refractivity contribution < 1.29 is 0 Å². The zero-order valence-corrected chi connectivity index (χ0v) is 3.70. The lowest BCUT2D eigenvalue weighted by Crippen LogP contribution is -1.87. The van der Waals surface area contributed by atoms with Crippen LogP contribution in [-0.2, 0) is 0 Å². The highest BCUT2D eigenvalue weighted by atomic mass is 14.0. The number of hydrogen-bond donors (Lipinski definition) is 0. The third-order valence-corrected chi connectivity index (χ3v) is 1.03. The first-order chi connectivity index (χ1) is 2.93. The van der Waals surface area contributed by atoms with Gasteiger partial charge < -0.3 is 0 Å². The van der Waals surface area contributed by atoms with E-state index in [0.717, 1.165) is 0 Å². The van der Waals surface area contributed by atoms with Crippen LogP contribution in [0.15, 0.2) is 18.2 Å². The van der Waals surface area contributed by atoms with Gasteiger partial charge in [0.1, 0.15) is 0 Å². The Morgan fingerprint density at radius 3 is 2.50 bits per heavy atom. The molecule has 0 aromatic carbocycles. The van der Waals surface area contributed by atoms with Crippen LogP contribution >= 0.6 is 0 Å². The molecule has 1 radical (unpaired) electrons. The molecular formula is C6H7. The first-order valence-electron chi connectivity index (χ1n) is 2.15. The molecule has 0 N–H and O–H groups in total. The van der Waals surface area contributed by atoms with Gasteiger partial charge in [0.05, 0.1) is 0 Å². The number of rotatable bonds is 1. The summed E-state index contributed by atoms with van der Waals surface area (Å²) < 4.78 is 0. The van der Waals surface area contributed by atoms with Crippen LogP contribution in [0.25, 0.3) is 0 Å². The third-order valence-electron chi connectivity index (χ3n) is 1.03. The zero-order valence-electron chi connectivity index (χ0n) is 3.70. The summed E-state index contributed by atoms with van der Waals surface area (Å²) in [4.78, 5) is 0. The molecule has 1 aliphatic carbocycles. The smallest absolute Gasteiger partial charge is 0.0230 e. The van der Waals surface area contributed by atoms with Crippen molar-refractivity contribution in [2.24, 2.45) is 0 Å². The Hall–Kier alpha value is -0.520. The monoisotopic (exact) mass is 79.1 g/mol. The molecular weight excluding hydrogens is 72.1 g/mol. The molecule has 0 atom stereocenters. The van der Waals surface area contributed by atoms with Crippen molar-refractivity contribution in [1.29, 1.82) is 0 Å². The Balaban J connectivity index is 2.52. The Morgan fingerprint density at radius 1 is 1.83 bits per heavy atom. The second-order valence-electron chi connectivity index (χ2n) is 1.44. The maximum absolute atomic E-state index is 3.49. The summed E-state index contributed by atoms with van der Waals surface area (Å²) in [5.41, 5.74) is 1.29. The summed E-state index contributed by atoms with van der Waals surface area (Å²) in [6.07, 6.45) is 7.39. The molecule has 0 saturated heterocycles. The molecule has 0 aliphatic heterocycles. The molecule has 0 saturated carbocycles. The van der Waals surface area contributed by atoms with E-state index in [4.69, 9.17) is 0 Å². The SMILES string of the molecule is C=[C]C1=CCC1. The molecule has 0 heteroatoms. The maximum atomic E-state index is 3.49. The van der Waals surface area contributed by atoms with Crippen LogP contribution in [-0.4, -0.2) is 0 Å². The molecule has 0 heterocycles. The van der Waals surface area contributed by atoms with E-state index in [0.29, 0.717) is 0 Å². The van der Waals surface area contributed by atoms with Crippen molar-refractivity contribution in [3.63, 3.8) is 0 Å². The van der Waals surface area contributed by atoms with E-state index in [1.165, 1.54) is 18.4 Å². The summed E-state index contributed by atoms with van der Waals surface area (Å²) >= 11 is 0. The molecule has 0 bridgehead atoms. The van der Waals surface area contributed by atoms with Gasteiger partial charge in [0.2, 0.25) is 0 Å². The van der Waals surface area contributed by atoms with E-state index in [1.807, 2.05) is 0 Å². The van der Waals surface area contributed by atoms with Crippen molar-refractivity contribution in [2.75, 3.05) is 0 Å². The van der Waals surface area contributed by atoms with Gasteiger partial charge in [-0.3, -0.25) is 0 Å². The third kappa shape index (κ3) is 0.383. The van der Waals surface area contributed by atoms with Gasteiger partial charge in [-0.25, -0.2) is 0 Å². The van der Waals surface area contributed by atoms with Crippen LogP contribution < -0.4 is 0 Å². The first-order valence-corrected chi connectivity index (χ1v) is 2.15. The molecule has 0 aromatic rings. The standard InChI is InChI=1S/C6H7/c1-2-6-4-3-5-6/h4H,1,3,5H2. The predicted octanol–water partition coefficient (Wildman–Crippen LogP) is 1.70. The maximum Gasteiger partial charge on any atom is -0.0230 e. The number of hydrogen-bond acceptors (Lipinski definition) is 0. The van der Waals surface area contributed by atoms with E-state index in [-0.39, 0.29) is 0 Å². The molecule has 0 fully saturated rings. The molecule has 6 heavy (non-hydrogen) atoms. The second kappa shape index (κ2) is 1.29. The van der Waals surface area contributed by atoms with Crippen LogP contribution in [0.2, 0.25) is 0 Å². The van der Waals surface area contributed by atoms with Gasteiger partial charge in [-0.2, -0.15) is 0 Å². The highest BCUT2D eigenvalue weighted by molar-refractivity contribution is 5.18. The van der Waals surface area contributed by atoms with Crippen LogP contribution in [0, 0.1) is 6.08 Å². The van der Waals surface area contributed by atoms with Crippen molar-refractivity contribution >= 4 is 0 Å².